The van der Waals surface area contributed by atoms with Crippen LogP contribution >= 0.6 is 0 Å². The van der Waals surface area contributed by atoms with E-state index in [4.69, 9.17) is 0 Å². The molecule has 5 nitrogen and oxygen atoms in total. The lowest BCUT2D eigenvalue weighted by atomic mass is 10.1. The Balaban J connectivity index is 1.52. The van der Waals surface area contributed by atoms with Crippen molar-refractivity contribution in [1.29, 1.82) is 0 Å². The number of imidazole rings is 1. The summed E-state index contributed by atoms with van der Waals surface area (Å²) in [6, 6.07) is 0.343. The van der Waals surface area contributed by atoms with E-state index < -0.39 is 0 Å². The van der Waals surface area contributed by atoms with E-state index in [0.29, 0.717) is 12.6 Å². The van der Waals surface area contributed by atoms with Gasteiger partial charge in [-0.25, -0.2) is 4.98 Å². The zero-order valence-corrected chi connectivity index (χ0v) is 13.1. The first-order valence-electron chi connectivity index (χ1n) is 8.52. The van der Waals surface area contributed by atoms with Crippen molar-refractivity contribution in [3.8, 4) is 0 Å². The third-order valence-corrected chi connectivity index (χ3v) is 5.19. The molecule has 0 radical (unpaired) electrons. The van der Waals surface area contributed by atoms with E-state index in [1.807, 2.05) is 17.4 Å². The Hall–Kier alpha value is -1.62. The van der Waals surface area contributed by atoms with E-state index in [9.17, 15) is 4.79 Å². The van der Waals surface area contributed by atoms with Gasteiger partial charge in [-0.2, -0.15) is 0 Å². The third kappa shape index (κ3) is 2.58. The number of carbonyl (C=O) groups excluding carboxylic acids is 1. The number of hydrogen-bond donors (Lipinski definition) is 0. The zero-order chi connectivity index (χ0) is 14.9. The SMILES string of the molecule is O=C(C1=CCCC1)N1Cc2cncn2[C@H](CN2CCCC2)C1. The van der Waals surface area contributed by atoms with Gasteiger partial charge in [0.1, 0.15) is 0 Å². The number of hydrogen-bond acceptors (Lipinski definition) is 3. The van der Waals surface area contributed by atoms with Gasteiger partial charge in [-0.3, -0.25) is 4.79 Å². The van der Waals surface area contributed by atoms with Crippen molar-refractivity contribution in [1.82, 2.24) is 19.4 Å². The number of nitrogens with zero attached hydrogens (tertiary/aromatic N) is 4. The van der Waals surface area contributed by atoms with E-state index in [1.165, 1.54) is 31.6 Å². The molecule has 0 unspecified atom stereocenters. The predicted octanol–water partition coefficient (Wildman–Crippen LogP) is 1.97. The van der Waals surface area contributed by atoms with Crippen molar-refractivity contribution < 1.29 is 4.79 Å². The second-order valence-corrected chi connectivity index (χ2v) is 6.76. The predicted molar refractivity (Wildman–Crippen MR) is 84.3 cm³/mol. The number of carbonyl (C=O) groups is 1. The van der Waals surface area contributed by atoms with Crippen LogP contribution in [0.5, 0.6) is 0 Å². The van der Waals surface area contributed by atoms with Crippen LogP contribution in [-0.2, 0) is 11.3 Å². The molecule has 1 atom stereocenters. The fourth-order valence-corrected chi connectivity index (χ4v) is 4.02. The van der Waals surface area contributed by atoms with E-state index in [0.717, 1.165) is 37.9 Å². The van der Waals surface area contributed by atoms with Crippen LogP contribution in [0.3, 0.4) is 0 Å². The minimum absolute atomic E-state index is 0.247. The lowest BCUT2D eigenvalue weighted by molar-refractivity contribution is -0.129. The minimum Gasteiger partial charge on any atom is -0.331 e. The number of likely N-dealkylation sites (tertiary alicyclic amines) is 1. The molecule has 1 fully saturated rings. The van der Waals surface area contributed by atoms with Crippen molar-refractivity contribution in [3.05, 3.63) is 29.9 Å². The lowest BCUT2D eigenvalue weighted by Crippen LogP contribution is -2.44. The highest BCUT2D eigenvalue weighted by Gasteiger charge is 2.31. The molecule has 5 heteroatoms. The summed E-state index contributed by atoms with van der Waals surface area (Å²) in [4.78, 5) is 21.6. The molecule has 118 valence electrons. The smallest absolute Gasteiger partial charge is 0.249 e. The highest BCUT2D eigenvalue weighted by atomic mass is 16.2. The molecule has 0 spiro atoms. The van der Waals surface area contributed by atoms with Crippen LogP contribution in [0.15, 0.2) is 24.2 Å². The van der Waals surface area contributed by atoms with Gasteiger partial charge < -0.3 is 14.4 Å². The van der Waals surface area contributed by atoms with Crippen molar-refractivity contribution >= 4 is 5.91 Å². The van der Waals surface area contributed by atoms with Crippen LogP contribution in [0.1, 0.15) is 43.8 Å². The van der Waals surface area contributed by atoms with Crippen molar-refractivity contribution in [2.45, 2.75) is 44.7 Å². The molecule has 0 bridgehead atoms. The van der Waals surface area contributed by atoms with Crippen molar-refractivity contribution in [2.75, 3.05) is 26.2 Å². The molecule has 3 heterocycles. The van der Waals surface area contributed by atoms with Gasteiger partial charge in [0.25, 0.3) is 0 Å². The first kappa shape index (κ1) is 14.0. The molecular formula is C17H24N4O. The molecule has 1 aromatic heterocycles. The summed E-state index contributed by atoms with van der Waals surface area (Å²) in [5, 5.41) is 0. The molecule has 0 aromatic carbocycles. The maximum Gasteiger partial charge on any atom is 0.249 e. The Morgan fingerprint density at radius 3 is 2.91 bits per heavy atom. The second kappa shape index (κ2) is 5.88. The fourth-order valence-electron chi connectivity index (χ4n) is 4.02. The van der Waals surface area contributed by atoms with E-state index in [1.54, 1.807) is 0 Å². The molecule has 4 rings (SSSR count). The molecule has 2 aliphatic heterocycles. The topological polar surface area (TPSA) is 41.4 Å². The van der Waals surface area contributed by atoms with Gasteiger partial charge in [-0.05, 0) is 45.2 Å². The number of amides is 1. The summed E-state index contributed by atoms with van der Waals surface area (Å²) in [7, 11) is 0. The largest absolute Gasteiger partial charge is 0.331 e. The van der Waals surface area contributed by atoms with Crippen LogP contribution in [0, 0.1) is 0 Å². The number of aromatic nitrogens is 2. The second-order valence-electron chi connectivity index (χ2n) is 6.76. The molecule has 3 aliphatic rings. The van der Waals surface area contributed by atoms with E-state index in [-0.39, 0.29) is 5.91 Å². The van der Waals surface area contributed by atoms with Gasteiger partial charge in [0.2, 0.25) is 5.91 Å². The fraction of sp³-hybridized carbons (Fsp3) is 0.647. The molecule has 1 saturated heterocycles. The summed E-state index contributed by atoms with van der Waals surface area (Å²) in [5.74, 6) is 0.247. The maximum absolute atomic E-state index is 12.7. The van der Waals surface area contributed by atoms with Gasteiger partial charge in [-0.15, -0.1) is 0 Å². The van der Waals surface area contributed by atoms with Gasteiger partial charge in [0, 0.05) is 24.9 Å². The highest BCUT2D eigenvalue weighted by molar-refractivity contribution is 5.93. The summed E-state index contributed by atoms with van der Waals surface area (Å²) >= 11 is 0. The third-order valence-electron chi connectivity index (χ3n) is 5.19. The first-order chi connectivity index (χ1) is 10.8. The summed E-state index contributed by atoms with van der Waals surface area (Å²) in [6.07, 6.45) is 11.7. The van der Waals surface area contributed by atoms with Crippen LogP contribution < -0.4 is 0 Å². The van der Waals surface area contributed by atoms with Gasteiger partial charge in [-0.1, -0.05) is 6.08 Å². The summed E-state index contributed by atoms with van der Waals surface area (Å²) in [5.41, 5.74) is 2.19. The number of rotatable bonds is 3. The normalized spacial score (nSPS) is 25.4. The maximum atomic E-state index is 12.7. The van der Waals surface area contributed by atoms with E-state index in [2.05, 4.69) is 20.5 Å². The molecule has 0 saturated carbocycles. The molecule has 22 heavy (non-hydrogen) atoms. The van der Waals surface area contributed by atoms with Crippen molar-refractivity contribution in [2.24, 2.45) is 0 Å². The Labute approximate surface area is 131 Å². The average molecular weight is 300 g/mol. The number of allylic oxidation sites excluding steroid dienone is 1. The molecule has 1 amide bonds. The Kier molecular flexibility index (Phi) is 3.74. The van der Waals surface area contributed by atoms with Gasteiger partial charge >= 0.3 is 0 Å². The average Bonchev–Trinajstić information content (AvgIpc) is 3.27. The quantitative estimate of drug-likeness (QED) is 0.857. The Morgan fingerprint density at radius 1 is 1.27 bits per heavy atom. The highest BCUT2D eigenvalue weighted by Crippen LogP contribution is 2.27. The lowest BCUT2D eigenvalue weighted by Gasteiger charge is -2.36. The van der Waals surface area contributed by atoms with Crippen LogP contribution in [-0.4, -0.2) is 51.4 Å². The summed E-state index contributed by atoms with van der Waals surface area (Å²) < 4.78 is 2.28. The standard InChI is InChI=1S/C17H24N4O/c22-17(14-5-1-2-6-14)20-11-15-9-18-13-21(15)16(12-20)10-19-7-3-4-8-19/h5,9,13,16H,1-4,6-8,10-12H2/t16-/m1/s1. The Bertz CT molecular complexity index is 585. The van der Waals surface area contributed by atoms with Crippen LogP contribution in [0.25, 0.3) is 0 Å². The van der Waals surface area contributed by atoms with Gasteiger partial charge in [0.05, 0.1) is 24.6 Å². The molecule has 1 aromatic rings. The first-order valence-corrected chi connectivity index (χ1v) is 8.52. The summed E-state index contributed by atoms with van der Waals surface area (Å²) in [6.45, 7) is 4.94. The van der Waals surface area contributed by atoms with Gasteiger partial charge in [0.15, 0.2) is 0 Å². The Morgan fingerprint density at radius 2 is 2.14 bits per heavy atom. The molecular weight excluding hydrogens is 276 g/mol. The minimum atomic E-state index is 0.247. The van der Waals surface area contributed by atoms with E-state index >= 15 is 0 Å². The molecule has 1 aliphatic carbocycles. The number of fused-ring (bicyclic) bond motifs is 1. The van der Waals surface area contributed by atoms with Crippen molar-refractivity contribution in [3.63, 3.8) is 0 Å². The monoisotopic (exact) mass is 300 g/mol. The van der Waals surface area contributed by atoms with Crippen LogP contribution in [0.2, 0.25) is 0 Å². The zero-order valence-electron chi connectivity index (χ0n) is 13.1. The molecule has 0 N–H and O–H groups in total. The van der Waals surface area contributed by atoms with Crippen LogP contribution in [0.4, 0.5) is 0 Å².